The molecule has 0 spiro atoms. The van der Waals surface area contributed by atoms with Gasteiger partial charge in [-0.25, -0.2) is 0 Å². The van der Waals surface area contributed by atoms with Crippen molar-refractivity contribution in [1.82, 2.24) is 0 Å². The monoisotopic (exact) mass is 372 g/mol. The Labute approximate surface area is 157 Å². The standard InChI is InChI=1S/C19H24N4O4/c1-23(15-10-6-3-7-11-15)20-12-16(18(26)19(27)17(25)13-24)22-21-14-8-4-2-5-9-14/h2-12,17-19,21,24-27H,13H2,1H3/b20-12+,22-16+. The molecule has 3 atom stereocenters. The van der Waals surface area contributed by atoms with E-state index in [2.05, 4.69) is 15.6 Å². The minimum atomic E-state index is -1.63. The summed E-state index contributed by atoms with van der Waals surface area (Å²) >= 11 is 0. The second kappa shape index (κ2) is 10.4. The van der Waals surface area contributed by atoms with E-state index in [9.17, 15) is 15.3 Å². The normalized spacial score (nSPS) is 15.4. The Balaban J connectivity index is 2.21. The van der Waals surface area contributed by atoms with Crippen molar-refractivity contribution in [3.05, 3.63) is 60.7 Å². The van der Waals surface area contributed by atoms with Gasteiger partial charge >= 0.3 is 0 Å². The van der Waals surface area contributed by atoms with Gasteiger partial charge in [0.15, 0.2) is 0 Å². The Hall–Kier alpha value is -2.78. The van der Waals surface area contributed by atoms with Crippen LogP contribution in [0, 0.1) is 0 Å². The van der Waals surface area contributed by atoms with E-state index in [4.69, 9.17) is 5.11 Å². The number of benzene rings is 2. The third-order valence-electron chi connectivity index (χ3n) is 3.79. The molecule has 0 fully saturated rings. The molecule has 0 aliphatic heterocycles. The maximum atomic E-state index is 10.3. The number of nitrogens with zero attached hydrogens (tertiary/aromatic N) is 3. The minimum absolute atomic E-state index is 0.0124. The van der Waals surface area contributed by atoms with E-state index in [-0.39, 0.29) is 5.71 Å². The zero-order valence-corrected chi connectivity index (χ0v) is 14.9. The predicted molar refractivity (Wildman–Crippen MR) is 106 cm³/mol. The van der Waals surface area contributed by atoms with Gasteiger partial charge in [-0.1, -0.05) is 36.4 Å². The Morgan fingerprint density at radius 2 is 1.63 bits per heavy atom. The van der Waals surface area contributed by atoms with E-state index in [1.165, 1.54) is 6.21 Å². The smallest absolute Gasteiger partial charge is 0.128 e. The summed E-state index contributed by atoms with van der Waals surface area (Å²) in [5.41, 5.74) is 4.24. The first kappa shape index (κ1) is 20.5. The molecule has 0 heterocycles. The second-order valence-corrected chi connectivity index (χ2v) is 5.80. The fraction of sp³-hybridized carbons (Fsp3) is 0.263. The van der Waals surface area contributed by atoms with E-state index < -0.39 is 24.9 Å². The van der Waals surface area contributed by atoms with Gasteiger partial charge < -0.3 is 20.4 Å². The van der Waals surface area contributed by atoms with Crippen LogP contribution < -0.4 is 10.4 Å². The molecule has 2 aromatic carbocycles. The highest BCUT2D eigenvalue weighted by molar-refractivity contribution is 6.33. The van der Waals surface area contributed by atoms with E-state index in [0.29, 0.717) is 5.69 Å². The van der Waals surface area contributed by atoms with Crippen LogP contribution in [0.4, 0.5) is 11.4 Å². The van der Waals surface area contributed by atoms with Gasteiger partial charge in [0.05, 0.1) is 24.2 Å². The van der Waals surface area contributed by atoms with Crippen LogP contribution in [-0.4, -0.2) is 64.3 Å². The second-order valence-electron chi connectivity index (χ2n) is 5.80. The zero-order chi connectivity index (χ0) is 19.6. The predicted octanol–water partition coefficient (Wildman–Crippen LogP) is 0.652. The lowest BCUT2D eigenvalue weighted by Crippen LogP contribution is -2.44. The van der Waals surface area contributed by atoms with Crippen molar-refractivity contribution >= 4 is 23.3 Å². The summed E-state index contributed by atoms with van der Waals surface area (Å²) in [5, 5.41) is 48.8. The molecule has 5 N–H and O–H groups in total. The van der Waals surface area contributed by atoms with Crippen molar-refractivity contribution in [1.29, 1.82) is 0 Å². The quantitative estimate of drug-likeness (QED) is 0.326. The number of rotatable bonds is 9. The van der Waals surface area contributed by atoms with Gasteiger partial charge in [-0.2, -0.15) is 10.2 Å². The number of aliphatic hydroxyl groups is 4. The van der Waals surface area contributed by atoms with Crippen LogP contribution in [0.1, 0.15) is 0 Å². The maximum absolute atomic E-state index is 10.3. The van der Waals surface area contributed by atoms with E-state index in [1.54, 1.807) is 24.2 Å². The molecular formula is C19H24N4O4. The molecule has 144 valence electrons. The van der Waals surface area contributed by atoms with Crippen LogP contribution in [-0.2, 0) is 0 Å². The lowest BCUT2D eigenvalue weighted by atomic mass is 10.0. The average Bonchev–Trinajstić information content (AvgIpc) is 2.73. The Bertz CT molecular complexity index is 740. The van der Waals surface area contributed by atoms with Crippen molar-refractivity contribution in [3.63, 3.8) is 0 Å². The van der Waals surface area contributed by atoms with Crippen molar-refractivity contribution in [2.45, 2.75) is 18.3 Å². The number of anilines is 2. The third-order valence-corrected chi connectivity index (χ3v) is 3.79. The summed E-state index contributed by atoms with van der Waals surface area (Å²) in [6, 6.07) is 18.4. The molecule has 2 aromatic rings. The van der Waals surface area contributed by atoms with E-state index >= 15 is 0 Å². The molecule has 0 saturated heterocycles. The van der Waals surface area contributed by atoms with Gasteiger partial charge in [0, 0.05) is 7.05 Å². The number of hydrogen-bond acceptors (Lipinski definition) is 8. The number of nitrogens with one attached hydrogen (secondary N) is 1. The van der Waals surface area contributed by atoms with Crippen LogP contribution >= 0.6 is 0 Å². The zero-order valence-electron chi connectivity index (χ0n) is 14.9. The summed E-state index contributed by atoms with van der Waals surface area (Å²) in [6.45, 7) is -0.696. The first-order valence-corrected chi connectivity index (χ1v) is 8.39. The van der Waals surface area contributed by atoms with Crippen LogP contribution in [0.25, 0.3) is 0 Å². The highest BCUT2D eigenvalue weighted by Gasteiger charge is 2.28. The SMILES string of the molecule is CN(/N=C/C(=N\Nc1ccccc1)C(O)C(O)C(O)CO)c1ccccc1. The topological polar surface area (TPSA) is 121 Å². The van der Waals surface area contributed by atoms with Crippen LogP contribution in [0.3, 0.4) is 0 Å². The van der Waals surface area contributed by atoms with Crippen molar-refractivity contribution in [2.75, 3.05) is 24.1 Å². The van der Waals surface area contributed by atoms with E-state index in [0.717, 1.165) is 5.69 Å². The molecule has 0 radical (unpaired) electrons. The van der Waals surface area contributed by atoms with Gasteiger partial charge in [-0.05, 0) is 24.3 Å². The van der Waals surface area contributed by atoms with Crippen LogP contribution in [0.15, 0.2) is 70.9 Å². The molecule has 0 saturated carbocycles. The molecule has 2 rings (SSSR count). The molecule has 0 aliphatic rings. The molecule has 0 amide bonds. The Kier molecular flexibility index (Phi) is 7.90. The number of hydrogen-bond donors (Lipinski definition) is 5. The first-order chi connectivity index (χ1) is 13.0. The lowest BCUT2D eigenvalue weighted by molar-refractivity contribution is -0.0548. The molecule has 8 nitrogen and oxygen atoms in total. The van der Waals surface area contributed by atoms with Crippen molar-refractivity contribution in [2.24, 2.45) is 10.2 Å². The molecule has 0 aliphatic carbocycles. The summed E-state index contributed by atoms with van der Waals surface area (Å²) in [7, 11) is 1.72. The third kappa shape index (κ3) is 6.15. The summed E-state index contributed by atoms with van der Waals surface area (Å²) in [6.07, 6.45) is -3.42. The van der Waals surface area contributed by atoms with E-state index in [1.807, 2.05) is 48.5 Å². The minimum Gasteiger partial charge on any atom is -0.394 e. The van der Waals surface area contributed by atoms with Gasteiger partial charge in [0.1, 0.15) is 24.0 Å². The molecule has 8 heteroatoms. The van der Waals surface area contributed by atoms with Gasteiger partial charge in [0.2, 0.25) is 0 Å². The van der Waals surface area contributed by atoms with Crippen molar-refractivity contribution in [3.8, 4) is 0 Å². The molecule has 27 heavy (non-hydrogen) atoms. The fourth-order valence-corrected chi connectivity index (χ4v) is 2.16. The Morgan fingerprint density at radius 1 is 1.04 bits per heavy atom. The Morgan fingerprint density at radius 3 is 2.22 bits per heavy atom. The van der Waals surface area contributed by atoms with Crippen LogP contribution in [0.2, 0.25) is 0 Å². The van der Waals surface area contributed by atoms with Gasteiger partial charge in [0.25, 0.3) is 0 Å². The van der Waals surface area contributed by atoms with Gasteiger partial charge in [-0.3, -0.25) is 10.4 Å². The molecule has 0 aromatic heterocycles. The summed E-state index contributed by atoms with van der Waals surface area (Å²) < 4.78 is 0. The summed E-state index contributed by atoms with van der Waals surface area (Å²) in [4.78, 5) is 0. The largest absolute Gasteiger partial charge is 0.394 e. The van der Waals surface area contributed by atoms with Gasteiger partial charge in [-0.15, -0.1) is 0 Å². The highest BCUT2D eigenvalue weighted by Crippen LogP contribution is 2.11. The maximum Gasteiger partial charge on any atom is 0.128 e. The lowest BCUT2D eigenvalue weighted by Gasteiger charge is -2.21. The molecule has 0 bridgehead atoms. The summed E-state index contributed by atoms with van der Waals surface area (Å²) in [5.74, 6) is 0. The number of aliphatic hydroxyl groups excluding tert-OH is 4. The number of hydrazone groups is 2. The highest BCUT2D eigenvalue weighted by atomic mass is 16.4. The molecular weight excluding hydrogens is 348 g/mol. The molecule has 3 unspecified atom stereocenters. The fourth-order valence-electron chi connectivity index (χ4n) is 2.16. The van der Waals surface area contributed by atoms with Crippen molar-refractivity contribution < 1.29 is 20.4 Å². The average molecular weight is 372 g/mol. The number of para-hydroxylation sites is 2. The first-order valence-electron chi connectivity index (χ1n) is 8.39. The van der Waals surface area contributed by atoms with Crippen LogP contribution in [0.5, 0.6) is 0 Å².